The lowest BCUT2D eigenvalue weighted by Crippen LogP contribution is -2.31. The highest BCUT2D eigenvalue weighted by molar-refractivity contribution is 5.94. The summed E-state index contributed by atoms with van der Waals surface area (Å²) in [4.78, 5) is 14.4. The zero-order valence-corrected chi connectivity index (χ0v) is 13.9. The van der Waals surface area contributed by atoms with Crippen LogP contribution < -0.4 is 4.74 Å². The maximum atomic E-state index is 13.9. The van der Waals surface area contributed by atoms with E-state index in [2.05, 4.69) is 0 Å². The molecule has 1 fully saturated rings. The zero-order valence-electron chi connectivity index (χ0n) is 13.9. The molecule has 5 nitrogen and oxygen atoms in total. The first-order chi connectivity index (χ1) is 12.0. The molecule has 2 aromatic rings. The molecule has 3 rings (SSSR count). The van der Waals surface area contributed by atoms with Gasteiger partial charge in [0.25, 0.3) is 5.91 Å². The van der Waals surface area contributed by atoms with Crippen LogP contribution in [0.1, 0.15) is 33.9 Å². The highest BCUT2D eigenvalue weighted by Gasteiger charge is 2.36. The molecule has 0 spiro atoms. The molecule has 1 saturated heterocycles. The van der Waals surface area contributed by atoms with Crippen molar-refractivity contribution in [2.75, 3.05) is 13.7 Å². The maximum absolute atomic E-state index is 13.9. The van der Waals surface area contributed by atoms with Crippen molar-refractivity contribution in [3.8, 4) is 5.75 Å². The Hall–Kier alpha value is -2.44. The number of benzene rings is 2. The number of amides is 1. The lowest BCUT2D eigenvalue weighted by molar-refractivity contribution is 0.0715. The van der Waals surface area contributed by atoms with Crippen molar-refractivity contribution in [1.29, 1.82) is 0 Å². The first kappa shape index (κ1) is 17.4. The van der Waals surface area contributed by atoms with E-state index in [-0.39, 0.29) is 29.6 Å². The number of nitrogens with zero attached hydrogens (tertiary/aromatic N) is 1. The number of methoxy groups -OCH3 is 1. The Kier molecular flexibility index (Phi) is 5.01. The number of rotatable bonds is 4. The molecule has 2 atom stereocenters. The van der Waals surface area contributed by atoms with Crippen LogP contribution in [0.5, 0.6) is 5.75 Å². The van der Waals surface area contributed by atoms with Gasteiger partial charge in [-0.25, -0.2) is 4.39 Å². The highest BCUT2D eigenvalue weighted by atomic mass is 19.1. The lowest BCUT2D eigenvalue weighted by Gasteiger charge is -2.25. The first-order valence-corrected chi connectivity index (χ1v) is 8.05. The number of hydrogen-bond acceptors (Lipinski definition) is 4. The van der Waals surface area contributed by atoms with Gasteiger partial charge in [0.2, 0.25) is 0 Å². The molecule has 0 bridgehead atoms. The Balaban J connectivity index is 1.90. The second-order valence-electron chi connectivity index (χ2n) is 6.10. The fraction of sp³-hybridized carbons (Fsp3) is 0.316. The average Bonchev–Trinajstić information content (AvgIpc) is 3.02. The van der Waals surface area contributed by atoms with Crippen molar-refractivity contribution in [3.05, 3.63) is 65.0 Å². The summed E-state index contributed by atoms with van der Waals surface area (Å²) in [6.07, 6.45) is -0.224. The fourth-order valence-electron chi connectivity index (χ4n) is 3.18. The number of likely N-dealkylation sites (tertiary alicyclic amines) is 1. The van der Waals surface area contributed by atoms with Gasteiger partial charge in [-0.3, -0.25) is 4.79 Å². The monoisotopic (exact) mass is 345 g/mol. The van der Waals surface area contributed by atoms with Crippen LogP contribution in [0.15, 0.2) is 42.5 Å². The van der Waals surface area contributed by atoms with E-state index in [1.54, 1.807) is 12.0 Å². The standard InChI is InChI=1S/C19H20FNO4/c1-25-16-4-2-3-12(7-16)18-9-15(23)10-21(18)19(24)13-5-6-14(11-22)17(20)8-13/h2-8,15,18,22-23H,9-11H2,1H3. The number of hydrogen-bond donors (Lipinski definition) is 2. The van der Waals surface area contributed by atoms with Crippen LogP contribution in [0.3, 0.4) is 0 Å². The third-order valence-electron chi connectivity index (χ3n) is 4.49. The molecule has 0 radical (unpaired) electrons. The Morgan fingerprint density at radius 2 is 2.12 bits per heavy atom. The number of ether oxygens (including phenoxy) is 1. The van der Waals surface area contributed by atoms with Gasteiger partial charge in [0.15, 0.2) is 0 Å². The van der Waals surface area contributed by atoms with Crippen molar-refractivity contribution in [1.82, 2.24) is 4.90 Å². The summed E-state index contributed by atoms with van der Waals surface area (Å²) in [5, 5.41) is 19.1. The number of aliphatic hydroxyl groups is 2. The fourth-order valence-corrected chi connectivity index (χ4v) is 3.18. The second-order valence-corrected chi connectivity index (χ2v) is 6.10. The molecule has 1 heterocycles. The highest BCUT2D eigenvalue weighted by Crippen LogP contribution is 2.34. The minimum atomic E-state index is -0.637. The summed E-state index contributed by atoms with van der Waals surface area (Å²) in [5.74, 6) is -0.302. The van der Waals surface area contributed by atoms with E-state index in [0.29, 0.717) is 12.2 Å². The molecule has 1 aliphatic heterocycles. The average molecular weight is 345 g/mol. The molecule has 1 aliphatic rings. The number of β-amino-alcohol motifs (C(OH)–C–C–N with tert-alkyl or cyclic N) is 1. The molecule has 0 aliphatic carbocycles. The van der Waals surface area contributed by atoms with Gasteiger partial charge in [-0.1, -0.05) is 18.2 Å². The topological polar surface area (TPSA) is 70.0 Å². The zero-order chi connectivity index (χ0) is 18.0. The lowest BCUT2D eigenvalue weighted by atomic mass is 10.0. The van der Waals surface area contributed by atoms with Crippen molar-refractivity contribution in [2.24, 2.45) is 0 Å². The molecule has 6 heteroatoms. The minimum Gasteiger partial charge on any atom is -0.497 e. The van der Waals surface area contributed by atoms with E-state index in [4.69, 9.17) is 9.84 Å². The molecular weight excluding hydrogens is 325 g/mol. The predicted molar refractivity (Wildman–Crippen MR) is 89.7 cm³/mol. The van der Waals surface area contributed by atoms with Crippen LogP contribution >= 0.6 is 0 Å². The second kappa shape index (κ2) is 7.21. The summed E-state index contributed by atoms with van der Waals surface area (Å²) >= 11 is 0. The third kappa shape index (κ3) is 3.50. The number of aliphatic hydroxyl groups excluding tert-OH is 2. The van der Waals surface area contributed by atoms with Gasteiger partial charge in [-0.05, 0) is 36.2 Å². The molecule has 0 saturated carbocycles. The Morgan fingerprint density at radius 3 is 2.80 bits per heavy atom. The van der Waals surface area contributed by atoms with Gasteiger partial charge in [0.05, 0.1) is 25.9 Å². The van der Waals surface area contributed by atoms with E-state index < -0.39 is 18.5 Å². The van der Waals surface area contributed by atoms with E-state index in [9.17, 15) is 14.3 Å². The summed E-state index contributed by atoms with van der Waals surface area (Å²) in [5.41, 5.74) is 1.19. The van der Waals surface area contributed by atoms with Gasteiger partial charge in [0, 0.05) is 17.7 Å². The van der Waals surface area contributed by atoms with Crippen molar-refractivity contribution >= 4 is 5.91 Å². The van der Waals surface area contributed by atoms with Crippen LogP contribution in [-0.4, -0.2) is 40.8 Å². The maximum Gasteiger partial charge on any atom is 0.254 e. The molecule has 0 aromatic heterocycles. The molecule has 132 valence electrons. The number of carbonyl (C=O) groups excluding carboxylic acids is 1. The van der Waals surface area contributed by atoms with Crippen LogP contribution in [0.25, 0.3) is 0 Å². The van der Waals surface area contributed by atoms with Crippen molar-refractivity contribution in [2.45, 2.75) is 25.2 Å². The summed E-state index contributed by atoms with van der Waals surface area (Å²) < 4.78 is 19.1. The van der Waals surface area contributed by atoms with Gasteiger partial charge < -0.3 is 19.8 Å². The largest absolute Gasteiger partial charge is 0.497 e. The van der Waals surface area contributed by atoms with E-state index in [1.807, 2.05) is 24.3 Å². The van der Waals surface area contributed by atoms with Gasteiger partial charge in [-0.2, -0.15) is 0 Å². The molecule has 2 aromatic carbocycles. The van der Waals surface area contributed by atoms with Gasteiger partial charge in [0.1, 0.15) is 11.6 Å². The third-order valence-corrected chi connectivity index (χ3v) is 4.49. The van der Waals surface area contributed by atoms with Crippen molar-refractivity contribution in [3.63, 3.8) is 0 Å². The number of halogens is 1. The van der Waals surface area contributed by atoms with E-state index >= 15 is 0 Å². The van der Waals surface area contributed by atoms with Crippen LogP contribution in [0.2, 0.25) is 0 Å². The normalized spacial score (nSPS) is 19.9. The van der Waals surface area contributed by atoms with E-state index in [1.165, 1.54) is 12.1 Å². The quantitative estimate of drug-likeness (QED) is 0.892. The smallest absolute Gasteiger partial charge is 0.254 e. The summed E-state index contributed by atoms with van der Waals surface area (Å²) in [7, 11) is 1.57. The molecule has 2 N–H and O–H groups in total. The molecular formula is C19H20FNO4. The van der Waals surface area contributed by atoms with Crippen LogP contribution in [0.4, 0.5) is 4.39 Å². The Morgan fingerprint density at radius 1 is 1.32 bits per heavy atom. The predicted octanol–water partition coefficient (Wildman–Crippen LogP) is 2.27. The van der Waals surface area contributed by atoms with Crippen LogP contribution in [0, 0.1) is 5.82 Å². The summed E-state index contributed by atoms with van der Waals surface area (Å²) in [6, 6.07) is 11.1. The van der Waals surface area contributed by atoms with Crippen LogP contribution in [-0.2, 0) is 6.61 Å². The SMILES string of the molecule is COc1cccc(C2CC(O)CN2C(=O)c2ccc(CO)c(F)c2)c1. The molecule has 25 heavy (non-hydrogen) atoms. The molecule has 2 unspecified atom stereocenters. The first-order valence-electron chi connectivity index (χ1n) is 8.05. The Labute approximate surface area is 145 Å². The number of carbonyl (C=O) groups is 1. The van der Waals surface area contributed by atoms with Gasteiger partial charge >= 0.3 is 0 Å². The summed E-state index contributed by atoms with van der Waals surface area (Å²) in [6.45, 7) is -0.237. The Bertz CT molecular complexity index is 780. The minimum absolute atomic E-state index is 0.141. The molecule has 1 amide bonds. The van der Waals surface area contributed by atoms with Crippen molar-refractivity contribution < 1.29 is 24.1 Å². The van der Waals surface area contributed by atoms with E-state index in [0.717, 1.165) is 11.6 Å². The van der Waals surface area contributed by atoms with Gasteiger partial charge in [-0.15, -0.1) is 0 Å².